The predicted molar refractivity (Wildman–Crippen MR) is 120 cm³/mol. The highest BCUT2D eigenvalue weighted by molar-refractivity contribution is 5.96. The SMILES string of the molecule is Nc1ncc(-c2cc(C(=O)N[C@H]3CCCNC3)cc(-c3ccc(OCC(F)(F)F)cc3)n2)cn1. The standard InChI is InChI=1S/C23H23F3N6O2/c24-23(25,26)13-34-18-5-3-14(4-6-18)19-8-15(21(33)31-17-2-1-7-28-12-17)9-20(32-19)16-10-29-22(27)30-11-16/h3-6,8-11,17,28H,1-2,7,12-13H2,(H,31,33)(H2,27,29,30)/t17-/m0/s1. The summed E-state index contributed by atoms with van der Waals surface area (Å²) in [6.07, 6.45) is 0.453. The van der Waals surface area contributed by atoms with Gasteiger partial charge in [0, 0.05) is 41.7 Å². The average molecular weight is 472 g/mol. The second-order valence-corrected chi connectivity index (χ2v) is 7.90. The molecular formula is C23H23F3N6O2. The number of nitrogens with one attached hydrogen (secondary N) is 2. The van der Waals surface area contributed by atoms with E-state index in [1.807, 2.05) is 0 Å². The molecule has 1 saturated heterocycles. The lowest BCUT2D eigenvalue weighted by Gasteiger charge is -2.24. The third-order valence-electron chi connectivity index (χ3n) is 5.24. The molecule has 0 bridgehead atoms. The van der Waals surface area contributed by atoms with Crippen molar-refractivity contribution < 1.29 is 22.7 Å². The highest BCUT2D eigenvalue weighted by Gasteiger charge is 2.28. The molecule has 0 spiro atoms. The summed E-state index contributed by atoms with van der Waals surface area (Å²) in [6.45, 7) is 0.245. The zero-order valence-corrected chi connectivity index (χ0v) is 18.1. The van der Waals surface area contributed by atoms with Crippen LogP contribution in [0.2, 0.25) is 0 Å². The number of carbonyl (C=O) groups excluding carboxylic acids is 1. The van der Waals surface area contributed by atoms with Crippen LogP contribution in [0.25, 0.3) is 22.5 Å². The van der Waals surface area contributed by atoms with Crippen molar-refractivity contribution in [1.82, 2.24) is 25.6 Å². The van der Waals surface area contributed by atoms with E-state index in [4.69, 9.17) is 10.5 Å². The first-order chi connectivity index (χ1) is 16.3. The molecule has 34 heavy (non-hydrogen) atoms. The Balaban J connectivity index is 1.64. The maximum Gasteiger partial charge on any atom is 0.422 e. The molecule has 0 radical (unpaired) electrons. The number of amides is 1. The third kappa shape index (κ3) is 6.19. The van der Waals surface area contributed by atoms with Crippen LogP contribution in [0.4, 0.5) is 19.1 Å². The molecule has 4 rings (SSSR count). The van der Waals surface area contributed by atoms with E-state index in [0.29, 0.717) is 34.6 Å². The molecule has 1 amide bonds. The van der Waals surface area contributed by atoms with Gasteiger partial charge in [0.15, 0.2) is 6.61 Å². The van der Waals surface area contributed by atoms with E-state index in [1.165, 1.54) is 24.5 Å². The van der Waals surface area contributed by atoms with Crippen LogP contribution in [0.15, 0.2) is 48.8 Å². The smallest absolute Gasteiger partial charge is 0.422 e. The van der Waals surface area contributed by atoms with Crippen LogP contribution in [-0.2, 0) is 0 Å². The fraction of sp³-hybridized carbons (Fsp3) is 0.304. The molecule has 0 unspecified atom stereocenters. The number of piperidine rings is 1. The van der Waals surface area contributed by atoms with Gasteiger partial charge >= 0.3 is 6.18 Å². The average Bonchev–Trinajstić information content (AvgIpc) is 2.83. The zero-order valence-electron chi connectivity index (χ0n) is 18.1. The maximum absolute atomic E-state index is 13.0. The van der Waals surface area contributed by atoms with Crippen molar-refractivity contribution in [3.05, 3.63) is 54.4 Å². The molecule has 1 aromatic carbocycles. The molecule has 4 N–H and O–H groups in total. The topological polar surface area (TPSA) is 115 Å². The van der Waals surface area contributed by atoms with Crippen molar-refractivity contribution in [1.29, 1.82) is 0 Å². The molecule has 1 aliphatic rings. The summed E-state index contributed by atoms with van der Waals surface area (Å²) >= 11 is 0. The van der Waals surface area contributed by atoms with Crippen molar-refractivity contribution in [2.24, 2.45) is 0 Å². The van der Waals surface area contributed by atoms with Crippen LogP contribution < -0.4 is 21.1 Å². The quantitative estimate of drug-likeness (QED) is 0.505. The molecule has 8 nitrogen and oxygen atoms in total. The van der Waals surface area contributed by atoms with Gasteiger partial charge in [0.1, 0.15) is 5.75 Å². The number of anilines is 1. The molecular weight excluding hydrogens is 449 g/mol. The molecule has 3 heterocycles. The van der Waals surface area contributed by atoms with Crippen molar-refractivity contribution >= 4 is 11.9 Å². The number of rotatable bonds is 6. The maximum atomic E-state index is 13.0. The number of hydrogen-bond donors (Lipinski definition) is 3. The van der Waals surface area contributed by atoms with Gasteiger partial charge in [-0.2, -0.15) is 13.2 Å². The molecule has 1 fully saturated rings. The summed E-state index contributed by atoms with van der Waals surface area (Å²) in [5.41, 5.74) is 8.06. The minimum atomic E-state index is -4.42. The molecule has 178 valence electrons. The summed E-state index contributed by atoms with van der Waals surface area (Å²) in [7, 11) is 0. The lowest BCUT2D eigenvalue weighted by Crippen LogP contribution is -2.45. The van der Waals surface area contributed by atoms with E-state index in [-0.39, 0.29) is 23.6 Å². The van der Waals surface area contributed by atoms with Crippen LogP contribution in [0, 0.1) is 0 Å². The normalized spacial score (nSPS) is 16.1. The highest BCUT2D eigenvalue weighted by atomic mass is 19.4. The second-order valence-electron chi connectivity index (χ2n) is 7.90. The van der Waals surface area contributed by atoms with Gasteiger partial charge in [-0.1, -0.05) is 0 Å². The first-order valence-electron chi connectivity index (χ1n) is 10.7. The lowest BCUT2D eigenvalue weighted by molar-refractivity contribution is -0.153. The van der Waals surface area contributed by atoms with E-state index < -0.39 is 12.8 Å². The summed E-state index contributed by atoms with van der Waals surface area (Å²) < 4.78 is 42.0. The third-order valence-corrected chi connectivity index (χ3v) is 5.24. The Bertz CT molecular complexity index is 1130. The van der Waals surface area contributed by atoms with E-state index >= 15 is 0 Å². The van der Waals surface area contributed by atoms with E-state index in [9.17, 15) is 18.0 Å². The summed E-state index contributed by atoms with van der Waals surface area (Å²) in [6, 6.07) is 9.33. The Labute approximate surface area is 193 Å². The van der Waals surface area contributed by atoms with Gasteiger partial charge in [-0.3, -0.25) is 4.79 Å². The van der Waals surface area contributed by atoms with Gasteiger partial charge in [-0.15, -0.1) is 0 Å². The Kier molecular flexibility index (Phi) is 6.92. The molecule has 0 saturated carbocycles. The number of halogens is 3. The molecule has 3 aromatic rings. The van der Waals surface area contributed by atoms with Gasteiger partial charge in [0.2, 0.25) is 5.95 Å². The monoisotopic (exact) mass is 472 g/mol. The largest absolute Gasteiger partial charge is 0.484 e. The fourth-order valence-electron chi connectivity index (χ4n) is 3.56. The number of nitrogens with zero attached hydrogens (tertiary/aromatic N) is 3. The Morgan fingerprint density at radius 2 is 1.79 bits per heavy atom. The molecule has 11 heteroatoms. The van der Waals surface area contributed by atoms with E-state index in [0.717, 1.165) is 19.4 Å². The van der Waals surface area contributed by atoms with Gasteiger partial charge in [-0.25, -0.2) is 15.0 Å². The van der Waals surface area contributed by atoms with Gasteiger partial charge in [-0.05, 0) is 55.8 Å². The lowest BCUT2D eigenvalue weighted by atomic mass is 10.0. The summed E-state index contributed by atoms with van der Waals surface area (Å²) in [5, 5.41) is 6.29. The first-order valence-corrected chi connectivity index (χ1v) is 10.7. The molecule has 1 atom stereocenters. The van der Waals surface area contributed by atoms with E-state index in [1.54, 1.807) is 24.3 Å². The summed E-state index contributed by atoms with van der Waals surface area (Å²) in [5.74, 6) is -0.0656. The zero-order chi connectivity index (χ0) is 24.1. The number of nitrogens with two attached hydrogens (primary N) is 1. The number of aromatic nitrogens is 3. The Morgan fingerprint density at radius 1 is 1.12 bits per heavy atom. The Morgan fingerprint density at radius 3 is 2.41 bits per heavy atom. The van der Waals surface area contributed by atoms with Crippen LogP contribution in [0.1, 0.15) is 23.2 Å². The van der Waals surface area contributed by atoms with Crippen molar-refractivity contribution in [2.75, 3.05) is 25.4 Å². The van der Waals surface area contributed by atoms with Crippen LogP contribution >= 0.6 is 0 Å². The number of hydrogen-bond acceptors (Lipinski definition) is 7. The minimum Gasteiger partial charge on any atom is -0.484 e. The fourth-order valence-corrected chi connectivity index (χ4v) is 3.56. The van der Waals surface area contributed by atoms with Crippen molar-refractivity contribution in [3.8, 4) is 28.3 Å². The van der Waals surface area contributed by atoms with Crippen LogP contribution in [0.5, 0.6) is 5.75 Å². The first kappa shape index (κ1) is 23.4. The van der Waals surface area contributed by atoms with Gasteiger partial charge in [0.05, 0.1) is 11.4 Å². The summed E-state index contributed by atoms with van der Waals surface area (Å²) in [4.78, 5) is 25.6. The molecule has 1 aliphatic heterocycles. The number of nitrogen functional groups attached to an aromatic ring is 1. The van der Waals surface area contributed by atoms with Crippen LogP contribution in [-0.4, -0.2) is 52.8 Å². The number of alkyl halides is 3. The number of carbonyl (C=O) groups is 1. The molecule has 2 aromatic heterocycles. The van der Waals surface area contributed by atoms with E-state index in [2.05, 4.69) is 25.6 Å². The highest BCUT2D eigenvalue weighted by Crippen LogP contribution is 2.27. The van der Waals surface area contributed by atoms with Gasteiger partial charge < -0.3 is 21.1 Å². The number of benzene rings is 1. The number of pyridine rings is 1. The van der Waals surface area contributed by atoms with Crippen molar-refractivity contribution in [2.45, 2.75) is 25.1 Å². The van der Waals surface area contributed by atoms with Crippen molar-refractivity contribution in [3.63, 3.8) is 0 Å². The second kappa shape index (κ2) is 10.0. The Hall–Kier alpha value is -3.73. The molecule has 0 aliphatic carbocycles. The minimum absolute atomic E-state index is 0.0197. The number of ether oxygens (including phenoxy) is 1. The van der Waals surface area contributed by atoms with Crippen LogP contribution in [0.3, 0.4) is 0 Å². The van der Waals surface area contributed by atoms with Gasteiger partial charge in [0.25, 0.3) is 5.91 Å². The predicted octanol–water partition coefficient (Wildman–Crippen LogP) is 3.21.